The summed E-state index contributed by atoms with van der Waals surface area (Å²) in [7, 11) is 0. The van der Waals surface area contributed by atoms with Crippen LogP contribution < -0.4 is 5.32 Å². The molecule has 0 saturated carbocycles. The zero-order valence-corrected chi connectivity index (χ0v) is 13.3. The fraction of sp³-hybridized carbons (Fsp3) is 0.188. The van der Waals surface area contributed by atoms with Crippen molar-refractivity contribution < 1.29 is 9.90 Å². The number of thiophene rings is 1. The SMILES string of the molecule is CC(O)(CNC(=O)c1ccc(-n2ccnn2)cc1)c1ccsc1. The molecule has 0 aliphatic carbocycles. The van der Waals surface area contributed by atoms with E-state index in [9.17, 15) is 9.90 Å². The first kappa shape index (κ1) is 15.4. The molecule has 0 fully saturated rings. The molecule has 0 spiro atoms. The molecule has 0 aliphatic heterocycles. The monoisotopic (exact) mass is 328 g/mol. The number of nitrogens with zero attached hydrogens (tertiary/aromatic N) is 3. The van der Waals surface area contributed by atoms with Crippen LogP contribution >= 0.6 is 11.3 Å². The second kappa shape index (κ2) is 6.31. The summed E-state index contributed by atoms with van der Waals surface area (Å²) in [5, 5.41) is 24.6. The number of nitrogens with one attached hydrogen (secondary N) is 1. The van der Waals surface area contributed by atoms with Gasteiger partial charge >= 0.3 is 0 Å². The highest BCUT2D eigenvalue weighted by molar-refractivity contribution is 7.08. The Hall–Kier alpha value is -2.51. The van der Waals surface area contributed by atoms with Crippen LogP contribution in [0, 0.1) is 0 Å². The van der Waals surface area contributed by atoms with Gasteiger partial charge in [0.2, 0.25) is 0 Å². The molecule has 1 atom stereocenters. The van der Waals surface area contributed by atoms with Crippen LogP contribution in [0.3, 0.4) is 0 Å². The van der Waals surface area contributed by atoms with Crippen molar-refractivity contribution in [1.29, 1.82) is 0 Å². The summed E-state index contributed by atoms with van der Waals surface area (Å²) in [6.07, 6.45) is 3.32. The molecule has 1 aromatic carbocycles. The third kappa shape index (κ3) is 3.46. The van der Waals surface area contributed by atoms with Crippen LogP contribution in [0.5, 0.6) is 0 Å². The predicted octanol–water partition coefficient (Wildman–Crippen LogP) is 1.97. The molecular weight excluding hydrogens is 312 g/mol. The number of hydrogen-bond donors (Lipinski definition) is 2. The van der Waals surface area contributed by atoms with Crippen molar-refractivity contribution in [3.8, 4) is 5.69 Å². The molecule has 2 heterocycles. The number of benzene rings is 1. The van der Waals surface area contributed by atoms with Gasteiger partial charge in [-0.25, -0.2) is 4.68 Å². The van der Waals surface area contributed by atoms with Gasteiger partial charge in [-0.1, -0.05) is 5.21 Å². The highest BCUT2D eigenvalue weighted by atomic mass is 32.1. The van der Waals surface area contributed by atoms with Gasteiger partial charge in [-0.05, 0) is 53.6 Å². The highest BCUT2D eigenvalue weighted by Crippen LogP contribution is 2.22. The smallest absolute Gasteiger partial charge is 0.251 e. The number of aliphatic hydroxyl groups is 1. The first-order chi connectivity index (χ1) is 11.1. The maximum Gasteiger partial charge on any atom is 0.251 e. The van der Waals surface area contributed by atoms with Gasteiger partial charge in [0, 0.05) is 5.56 Å². The van der Waals surface area contributed by atoms with Crippen molar-refractivity contribution in [2.24, 2.45) is 0 Å². The highest BCUT2D eigenvalue weighted by Gasteiger charge is 2.24. The summed E-state index contributed by atoms with van der Waals surface area (Å²) in [6, 6.07) is 8.86. The standard InChI is InChI=1S/C16H16N4O2S/c1-16(22,13-6-9-23-10-13)11-17-15(21)12-2-4-14(5-3-12)20-8-7-18-19-20/h2-10,22H,11H2,1H3,(H,17,21). The van der Waals surface area contributed by atoms with Gasteiger partial charge in [0.25, 0.3) is 5.91 Å². The summed E-state index contributed by atoms with van der Waals surface area (Å²) in [6.45, 7) is 1.83. The van der Waals surface area contributed by atoms with E-state index >= 15 is 0 Å². The Morgan fingerprint density at radius 2 is 2.13 bits per heavy atom. The fourth-order valence-electron chi connectivity index (χ4n) is 2.14. The number of carbonyl (C=O) groups is 1. The van der Waals surface area contributed by atoms with E-state index in [1.165, 1.54) is 11.3 Å². The molecule has 1 amide bonds. The van der Waals surface area contributed by atoms with Crippen LogP contribution in [0.15, 0.2) is 53.5 Å². The lowest BCUT2D eigenvalue weighted by molar-refractivity contribution is 0.0530. The van der Waals surface area contributed by atoms with Crippen LogP contribution in [-0.2, 0) is 5.60 Å². The average Bonchev–Trinajstić information content (AvgIpc) is 3.26. The molecule has 3 rings (SSSR count). The zero-order chi connectivity index (χ0) is 16.3. The third-order valence-corrected chi connectivity index (χ3v) is 4.24. The molecule has 2 N–H and O–H groups in total. The second-order valence-corrected chi connectivity index (χ2v) is 6.14. The Morgan fingerprint density at radius 1 is 1.35 bits per heavy atom. The van der Waals surface area contributed by atoms with Crippen molar-refractivity contribution >= 4 is 17.2 Å². The van der Waals surface area contributed by atoms with Crippen LogP contribution in [0.4, 0.5) is 0 Å². The normalized spacial score (nSPS) is 13.5. The lowest BCUT2D eigenvalue weighted by Crippen LogP contribution is -2.38. The number of carbonyl (C=O) groups excluding carboxylic acids is 1. The number of hydrogen-bond acceptors (Lipinski definition) is 5. The van der Waals surface area contributed by atoms with E-state index in [4.69, 9.17) is 0 Å². The van der Waals surface area contributed by atoms with E-state index in [0.29, 0.717) is 5.56 Å². The maximum atomic E-state index is 12.2. The topological polar surface area (TPSA) is 80.0 Å². The largest absolute Gasteiger partial charge is 0.384 e. The Morgan fingerprint density at radius 3 is 2.74 bits per heavy atom. The van der Waals surface area contributed by atoms with Gasteiger partial charge in [0.1, 0.15) is 5.60 Å². The quantitative estimate of drug-likeness (QED) is 0.750. The molecule has 1 unspecified atom stereocenters. The summed E-state index contributed by atoms with van der Waals surface area (Å²) < 4.78 is 1.61. The van der Waals surface area contributed by atoms with E-state index < -0.39 is 5.60 Å². The van der Waals surface area contributed by atoms with Crippen LogP contribution in [0.25, 0.3) is 5.69 Å². The first-order valence-corrected chi connectivity index (χ1v) is 8.00. The summed E-state index contributed by atoms with van der Waals surface area (Å²) in [4.78, 5) is 12.2. The van der Waals surface area contributed by atoms with Gasteiger partial charge in [-0.15, -0.1) is 5.10 Å². The lowest BCUT2D eigenvalue weighted by atomic mass is 9.99. The van der Waals surface area contributed by atoms with E-state index in [2.05, 4.69) is 15.6 Å². The molecule has 0 bridgehead atoms. The Labute approximate surface area is 137 Å². The number of aromatic nitrogens is 3. The maximum absolute atomic E-state index is 12.2. The van der Waals surface area contributed by atoms with Crippen LogP contribution in [0.1, 0.15) is 22.8 Å². The molecule has 2 aromatic heterocycles. The molecule has 118 valence electrons. The van der Waals surface area contributed by atoms with Crippen LogP contribution in [-0.4, -0.2) is 32.6 Å². The second-order valence-electron chi connectivity index (χ2n) is 5.36. The minimum absolute atomic E-state index is 0.146. The van der Waals surface area contributed by atoms with E-state index in [-0.39, 0.29) is 12.5 Å². The Balaban J connectivity index is 1.64. The van der Waals surface area contributed by atoms with Gasteiger partial charge in [-0.3, -0.25) is 4.79 Å². The van der Waals surface area contributed by atoms with E-state index in [1.54, 1.807) is 48.3 Å². The molecule has 0 radical (unpaired) electrons. The summed E-state index contributed by atoms with van der Waals surface area (Å²) in [5.41, 5.74) is 1.06. The minimum Gasteiger partial charge on any atom is -0.384 e. The molecule has 7 heteroatoms. The van der Waals surface area contributed by atoms with Crippen LogP contribution in [0.2, 0.25) is 0 Å². The number of rotatable bonds is 5. The van der Waals surface area contributed by atoms with Crippen molar-refractivity contribution in [3.63, 3.8) is 0 Å². The van der Waals surface area contributed by atoms with Gasteiger partial charge in [-0.2, -0.15) is 11.3 Å². The average molecular weight is 328 g/mol. The first-order valence-electron chi connectivity index (χ1n) is 7.06. The Kier molecular flexibility index (Phi) is 4.22. The minimum atomic E-state index is -1.09. The summed E-state index contributed by atoms with van der Waals surface area (Å²) in [5.74, 6) is -0.231. The van der Waals surface area contributed by atoms with Gasteiger partial charge in [0.05, 0.1) is 24.6 Å². The fourth-order valence-corrected chi connectivity index (χ4v) is 2.92. The Bertz CT molecular complexity index is 765. The van der Waals surface area contributed by atoms with Gasteiger partial charge < -0.3 is 10.4 Å². The third-order valence-electron chi connectivity index (χ3n) is 3.55. The summed E-state index contributed by atoms with van der Waals surface area (Å²) >= 11 is 1.51. The molecule has 0 saturated heterocycles. The van der Waals surface area contributed by atoms with E-state index in [1.807, 2.05) is 16.8 Å². The van der Waals surface area contributed by atoms with Crippen molar-refractivity contribution in [2.45, 2.75) is 12.5 Å². The number of amides is 1. The van der Waals surface area contributed by atoms with Crippen molar-refractivity contribution in [3.05, 3.63) is 64.6 Å². The lowest BCUT2D eigenvalue weighted by Gasteiger charge is -2.22. The molecular formula is C16H16N4O2S. The predicted molar refractivity (Wildman–Crippen MR) is 87.6 cm³/mol. The molecule has 6 nitrogen and oxygen atoms in total. The zero-order valence-electron chi connectivity index (χ0n) is 12.5. The van der Waals surface area contributed by atoms with Gasteiger partial charge in [0.15, 0.2) is 0 Å². The molecule has 0 aliphatic rings. The van der Waals surface area contributed by atoms with Crippen molar-refractivity contribution in [1.82, 2.24) is 20.3 Å². The van der Waals surface area contributed by atoms with E-state index in [0.717, 1.165) is 11.3 Å². The van der Waals surface area contributed by atoms with Crippen molar-refractivity contribution in [2.75, 3.05) is 6.54 Å². The molecule has 23 heavy (non-hydrogen) atoms. The molecule has 3 aromatic rings.